The first-order chi connectivity index (χ1) is 6.00. The van der Waals surface area contributed by atoms with Crippen LogP contribution in [0.3, 0.4) is 0 Å². The van der Waals surface area contributed by atoms with Gasteiger partial charge in [-0.2, -0.15) is 0 Å². The smallest absolute Gasteiger partial charge is 0.335 e. The number of aryl methyl sites for hydroxylation is 1. The Morgan fingerprint density at radius 1 is 1.23 bits per heavy atom. The van der Waals surface area contributed by atoms with E-state index in [2.05, 4.69) is 0 Å². The maximum Gasteiger partial charge on any atom is 0.335 e. The number of carboxylic acids is 1. The lowest BCUT2D eigenvalue weighted by Gasteiger charge is -2.00. The first-order valence-electron chi connectivity index (χ1n) is 3.65. The molecule has 0 saturated heterocycles. The minimum atomic E-state index is -1.06. The number of amides is 1. The molecule has 0 fully saturated rings. The standard InChI is InChI=1S/C9H9NO3/c1-5-2-6(8(10)11)4-7(3-5)9(12)13/h2-4H,1H3,(H2,10,11)(H,12,13). The van der Waals surface area contributed by atoms with Crippen molar-refractivity contribution in [2.75, 3.05) is 0 Å². The van der Waals surface area contributed by atoms with Crippen LogP contribution in [0.25, 0.3) is 0 Å². The normalized spacial score (nSPS) is 9.62. The van der Waals surface area contributed by atoms with Gasteiger partial charge in [-0.25, -0.2) is 4.79 Å². The number of hydrogen-bond donors (Lipinski definition) is 2. The van der Waals surface area contributed by atoms with Gasteiger partial charge in [0.1, 0.15) is 0 Å². The number of hydrogen-bond acceptors (Lipinski definition) is 2. The van der Waals surface area contributed by atoms with Crippen LogP contribution in [0, 0.1) is 6.92 Å². The molecule has 0 saturated carbocycles. The van der Waals surface area contributed by atoms with E-state index in [0.29, 0.717) is 5.56 Å². The highest BCUT2D eigenvalue weighted by atomic mass is 16.4. The highest BCUT2D eigenvalue weighted by molar-refractivity contribution is 5.96. The number of carbonyl (C=O) groups is 2. The lowest BCUT2D eigenvalue weighted by molar-refractivity contribution is 0.0697. The Morgan fingerprint density at radius 3 is 2.23 bits per heavy atom. The molecule has 0 aliphatic rings. The zero-order valence-electron chi connectivity index (χ0n) is 7.07. The van der Waals surface area contributed by atoms with Crippen LogP contribution in [0.1, 0.15) is 26.3 Å². The first kappa shape index (κ1) is 9.25. The molecule has 0 atom stereocenters. The molecule has 68 valence electrons. The summed E-state index contributed by atoms with van der Waals surface area (Å²) in [5.74, 6) is -1.68. The van der Waals surface area contributed by atoms with E-state index in [1.54, 1.807) is 13.0 Å². The van der Waals surface area contributed by atoms with E-state index >= 15 is 0 Å². The number of nitrogens with two attached hydrogens (primary N) is 1. The van der Waals surface area contributed by atoms with E-state index in [1.165, 1.54) is 12.1 Å². The molecule has 0 aromatic heterocycles. The molecule has 0 unspecified atom stereocenters. The highest BCUT2D eigenvalue weighted by Gasteiger charge is 2.07. The van der Waals surface area contributed by atoms with Crippen LogP contribution >= 0.6 is 0 Å². The fraction of sp³-hybridized carbons (Fsp3) is 0.111. The van der Waals surface area contributed by atoms with Crippen molar-refractivity contribution in [1.29, 1.82) is 0 Å². The molecule has 4 heteroatoms. The van der Waals surface area contributed by atoms with E-state index in [1.807, 2.05) is 0 Å². The van der Waals surface area contributed by atoms with Crippen LogP contribution in [-0.2, 0) is 0 Å². The van der Waals surface area contributed by atoms with Crippen molar-refractivity contribution in [3.63, 3.8) is 0 Å². The number of primary amides is 1. The van der Waals surface area contributed by atoms with Crippen LogP contribution in [0.4, 0.5) is 0 Å². The Balaban J connectivity index is 3.26. The van der Waals surface area contributed by atoms with Crippen LogP contribution in [0.5, 0.6) is 0 Å². The van der Waals surface area contributed by atoms with Crippen LogP contribution in [-0.4, -0.2) is 17.0 Å². The minimum absolute atomic E-state index is 0.0776. The number of benzene rings is 1. The Morgan fingerprint density at radius 2 is 1.77 bits per heavy atom. The topological polar surface area (TPSA) is 80.4 Å². The van der Waals surface area contributed by atoms with Crippen molar-refractivity contribution in [3.05, 3.63) is 34.9 Å². The lowest BCUT2D eigenvalue weighted by Crippen LogP contribution is -2.12. The van der Waals surface area contributed by atoms with Crippen LogP contribution < -0.4 is 5.73 Å². The van der Waals surface area contributed by atoms with Crippen molar-refractivity contribution >= 4 is 11.9 Å². The summed E-state index contributed by atoms with van der Waals surface area (Å²) in [6.45, 7) is 1.71. The average Bonchev–Trinajstić information content (AvgIpc) is 2.03. The third kappa shape index (κ3) is 2.05. The largest absolute Gasteiger partial charge is 0.478 e. The summed E-state index contributed by atoms with van der Waals surface area (Å²) in [5.41, 5.74) is 6.02. The van der Waals surface area contributed by atoms with Gasteiger partial charge >= 0.3 is 5.97 Å². The summed E-state index contributed by atoms with van der Waals surface area (Å²) in [6.07, 6.45) is 0. The molecule has 13 heavy (non-hydrogen) atoms. The zero-order chi connectivity index (χ0) is 10.0. The van der Waals surface area contributed by atoms with Crippen molar-refractivity contribution < 1.29 is 14.7 Å². The molecule has 0 spiro atoms. The van der Waals surface area contributed by atoms with Crippen molar-refractivity contribution in [2.45, 2.75) is 6.92 Å². The second-order valence-corrected chi connectivity index (χ2v) is 2.76. The fourth-order valence-electron chi connectivity index (χ4n) is 1.05. The number of carboxylic acid groups (broad SMARTS) is 1. The molecular weight excluding hydrogens is 170 g/mol. The van der Waals surface area contributed by atoms with Crippen molar-refractivity contribution in [2.24, 2.45) is 5.73 Å². The van der Waals surface area contributed by atoms with Gasteiger partial charge in [0.2, 0.25) is 5.91 Å². The lowest BCUT2D eigenvalue weighted by atomic mass is 10.1. The van der Waals surface area contributed by atoms with Gasteiger partial charge in [-0.3, -0.25) is 4.79 Å². The molecule has 1 rings (SSSR count). The molecule has 1 aromatic rings. The van der Waals surface area contributed by atoms with Crippen molar-refractivity contribution in [3.8, 4) is 0 Å². The summed E-state index contributed by atoms with van der Waals surface area (Å²) < 4.78 is 0. The molecule has 0 heterocycles. The Kier molecular flexibility index (Phi) is 2.32. The summed E-state index contributed by atoms with van der Waals surface area (Å²) in [7, 11) is 0. The predicted octanol–water partition coefficient (Wildman–Crippen LogP) is 0.792. The van der Waals surface area contributed by atoms with E-state index in [0.717, 1.165) is 0 Å². The highest BCUT2D eigenvalue weighted by Crippen LogP contribution is 2.09. The van der Waals surface area contributed by atoms with E-state index in [4.69, 9.17) is 10.8 Å². The van der Waals surface area contributed by atoms with Gasteiger partial charge in [-0.05, 0) is 30.7 Å². The van der Waals surface area contributed by atoms with Crippen LogP contribution in [0.15, 0.2) is 18.2 Å². The molecule has 1 amide bonds. The molecule has 4 nitrogen and oxygen atoms in total. The SMILES string of the molecule is Cc1cc(C(N)=O)cc(C(=O)O)c1. The third-order valence-electron chi connectivity index (χ3n) is 1.61. The zero-order valence-corrected chi connectivity index (χ0v) is 7.07. The molecule has 1 aromatic carbocycles. The second kappa shape index (κ2) is 3.26. The van der Waals surface area contributed by atoms with Gasteiger partial charge in [-0.1, -0.05) is 0 Å². The molecule has 0 bridgehead atoms. The Hall–Kier alpha value is -1.84. The molecule has 0 radical (unpaired) electrons. The van der Waals surface area contributed by atoms with Gasteiger partial charge in [0.05, 0.1) is 5.56 Å². The number of carbonyl (C=O) groups excluding carboxylic acids is 1. The van der Waals surface area contributed by atoms with Crippen molar-refractivity contribution in [1.82, 2.24) is 0 Å². The average molecular weight is 179 g/mol. The van der Waals surface area contributed by atoms with Gasteiger partial charge in [0.25, 0.3) is 0 Å². The van der Waals surface area contributed by atoms with Gasteiger partial charge in [0.15, 0.2) is 0 Å². The van der Waals surface area contributed by atoms with E-state index in [-0.39, 0.29) is 11.1 Å². The predicted molar refractivity (Wildman–Crippen MR) is 46.7 cm³/mol. The third-order valence-corrected chi connectivity index (χ3v) is 1.61. The molecule has 0 aliphatic heterocycles. The van der Waals surface area contributed by atoms with E-state index < -0.39 is 11.9 Å². The minimum Gasteiger partial charge on any atom is -0.478 e. The quantitative estimate of drug-likeness (QED) is 0.704. The Bertz CT molecular complexity index is 339. The van der Waals surface area contributed by atoms with Crippen LogP contribution in [0.2, 0.25) is 0 Å². The van der Waals surface area contributed by atoms with Gasteiger partial charge in [-0.15, -0.1) is 0 Å². The van der Waals surface area contributed by atoms with Gasteiger partial charge in [0, 0.05) is 5.56 Å². The Labute approximate surface area is 75.0 Å². The second-order valence-electron chi connectivity index (χ2n) is 2.76. The maximum absolute atomic E-state index is 10.8. The summed E-state index contributed by atoms with van der Waals surface area (Å²) >= 11 is 0. The molecule has 3 N–H and O–H groups in total. The number of aromatic carboxylic acids is 1. The fourth-order valence-corrected chi connectivity index (χ4v) is 1.05. The van der Waals surface area contributed by atoms with Gasteiger partial charge < -0.3 is 10.8 Å². The summed E-state index contributed by atoms with van der Waals surface area (Å²) in [5, 5.41) is 8.66. The first-order valence-corrected chi connectivity index (χ1v) is 3.65. The maximum atomic E-state index is 10.8. The summed E-state index contributed by atoms with van der Waals surface area (Å²) in [4.78, 5) is 21.3. The molecule has 0 aliphatic carbocycles. The molecular formula is C9H9NO3. The monoisotopic (exact) mass is 179 g/mol. The summed E-state index contributed by atoms with van der Waals surface area (Å²) in [6, 6.07) is 4.29. The van der Waals surface area contributed by atoms with E-state index in [9.17, 15) is 9.59 Å². The number of rotatable bonds is 2.